The predicted molar refractivity (Wildman–Crippen MR) is 64.1 cm³/mol. The summed E-state index contributed by atoms with van der Waals surface area (Å²) >= 11 is 0. The zero-order chi connectivity index (χ0) is 11.1. The number of nitrogens with one attached hydrogen (secondary N) is 1. The fraction of sp³-hybridized carbons (Fsp3) is 0. The van der Waals surface area contributed by atoms with Gasteiger partial charge in [-0.25, -0.2) is 4.98 Å². The highest BCUT2D eigenvalue weighted by molar-refractivity contribution is 5.83. The molecular weight excluding hydrogens is 202 g/mol. The van der Waals surface area contributed by atoms with Gasteiger partial charge in [-0.2, -0.15) is 5.10 Å². The van der Waals surface area contributed by atoms with Gasteiger partial charge in [-0.05, 0) is 17.7 Å². The maximum absolute atomic E-state index is 4.47. The summed E-state index contributed by atoms with van der Waals surface area (Å²) in [5.41, 5.74) is 5.16. The molecule has 2 heterocycles. The van der Waals surface area contributed by atoms with E-state index in [-0.39, 0.29) is 0 Å². The van der Waals surface area contributed by atoms with Crippen LogP contribution in [0.15, 0.2) is 58.7 Å². The molecule has 3 rings (SSSR count). The minimum atomic E-state index is 1.05. The number of rotatable bonds is 0. The molecule has 0 saturated carbocycles. The van der Waals surface area contributed by atoms with Crippen LogP contribution < -0.4 is 5.43 Å². The van der Waals surface area contributed by atoms with E-state index in [2.05, 4.69) is 19.9 Å². The maximum atomic E-state index is 4.47. The molecule has 0 spiro atoms. The summed E-state index contributed by atoms with van der Waals surface area (Å²) in [4.78, 5) is 3.56. The number of hydrogen-bond donors (Lipinski definition) is 1. The molecule has 1 N–H and O–H groups in total. The number of fused-ring (bicyclic) bond motifs is 1. The Morgan fingerprint density at radius 1 is 1.19 bits per heavy atom. The van der Waals surface area contributed by atoms with Crippen molar-refractivity contribution >= 4 is 18.0 Å². The van der Waals surface area contributed by atoms with Gasteiger partial charge < -0.3 is 4.42 Å². The van der Waals surface area contributed by atoms with Crippen molar-refractivity contribution in [1.82, 2.24) is 4.98 Å². The minimum absolute atomic E-state index is 1.05. The fourth-order valence-electron chi connectivity index (χ4n) is 1.22. The van der Waals surface area contributed by atoms with Crippen LogP contribution in [0.4, 0.5) is 5.69 Å². The Bertz CT molecular complexity index is 458. The van der Waals surface area contributed by atoms with Gasteiger partial charge in [0.25, 0.3) is 0 Å². The molecule has 0 saturated heterocycles. The van der Waals surface area contributed by atoms with Crippen LogP contribution in [0.2, 0.25) is 0 Å². The van der Waals surface area contributed by atoms with Crippen molar-refractivity contribution in [3.05, 3.63) is 54.8 Å². The number of hydrogen-bond acceptors (Lipinski definition) is 4. The minimum Gasteiger partial charge on any atom is -0.452 e. The molecule has 0 atom stereocenters. The fourth-order valence-corrected chi connectivity index (χ4v) is 1.22. The van der Waals surface area contributed by atoms with Crippen LogP contribution >= 0.6 is 0 Å². The van der Waals surface area contributed by atoms with E-state index in [4.69, 9.17) is 0 Å². The highest BCUT2D eigenvalue weighted by Crippen LogP contribution is 2.17. The van der Waals surface area contributed by atoms with Crippen LogP contribution in [0.1, 0.15) is 5.56 Å². The molecule has 0 amide bonds. The van der Waals surface area contributed by atoms with E-state index in [1.165, 1.54) is 18.2 Å². The molecule has 0 unspecified atom stereocenters. The van der Waals surface area contributed by atoms with Gasteiger partial charge in [-0.3, -0.25) is 5.43 Å². The number of benzene rings is 1. The number of oxazole rings is 1. The van der Waals surface area contributed by atoms with Gasteiger partial charge in [-0.1, -0.05) is 24.3 Å². The molecule has 0 aliphatic carbocycles. The summed E-state index contributed by atoms with van der Waals surface area (Å²) in [5, 5.41) is 3.95. The number of hydrazone groups is 1. The van der Waals surface area contributed by atoms with Crippen LogP contribution in [0.25, 0.3) is 6.08 Å². The van der Waals surface area contributed by atoms with Crippen molar-refractivity contribution in [3.63, 3.8) is 0 Å². The third-order valence-corrected chi connectivity index (χ3v) is 1.93. The molecule has 4 heteroatoms. The summed E-state index contributed by atoms with van der Waals surface area (Å²) in [7, 11) is 0. The van der Waals surface area contributed by atoms with Crippen molar-refractivity contribution in [1.29, 1.82) is 0 Å². The third kappa shape index (κ3) is 2.81. The Balaban J connectivity index is 0.000000162. The van der Waals surface area contributed by atoms with E-state index in [9.17, 15) is 0 Å². The van der Waals surface area contributed by atoms with Gasteiger partial charge >= 0.3 is 0 Å². The molecule has 0 radical (unpaired) electrons. The summed E-state index contributed by atoms with van der Waals surface area (Å²) in [6, 6.07) is 8.05. The molecule has 1 aliphatic rings. The summed E-state index contributed by atoms with van der Waals surface area (Å²) in [5.74, 6) is 0. The molecule has 16 heavy (non-hydrogen) atoms. The second-order valence-electron chi connectivity index (χ2n) is 3.01. The Morgan fingerprint density at radius 3 is 2.88 bits per heavy atom. The monoisotopic (exact) mass is 213 g/mol. The van der Waals surface area contributed by atoms with Crippen LogP contribution in [0.3, 0.4) is 0 Å². The molecule has 80 valence electrons. The van der Waals surface area contributed by atoms with Crippen molar-refractivity contribution in [3.8, 4) is 0 Å². The number of nitrogens with zero attached hydrogens (tertiary/aromatic N) is 2. The number of allylic oxidation sites excluding steroid dienone is 1. The van der Waals surface area contributed by atoms with Crippen LogP contribution in [-0.2, 0) is 0 Å². The summed E-state index contributed by atoms with van der Waals surface area (Å²) < 4.78 is 4.47. The Kier molecular flexibility index (Phi) is 3.50. The topological polar surface area (TPSA) is 50.4 Å². The first-order valence-corrected chi connectivity index (χ1v) is 4.84. The smallest absolute Gasteiger partial charge is 0.180 e. The van der Waals surface area contributed by atoms with E-state index in [1.54, 1.807) is 12.4 Å². The molecule has 4 nitrogen and oxygen atoms in total. The highest BCUT2D eigenvalue weighted by Gasteiger charge is 1.96. The molecule has 1 aromatic carbocycles. The molecule has 1 aromatic heterocycles. The van der Waals surface area contributed by atoms with Gasteiger partial charge in [0.15, 0.2) is 6.39 Å². The number of anilines is 1. The third-order valence-electron chi connectivity index (χ3n) is 1.93. The van der Waals surface area contributed by atoms with E-state index < -0.39 is 0 Å². The van der Waals surface area contributed by atoms with Crippen molar-refractivity contribution < 1.29 is 4.42 Å². The SMILES string of the molecule is C1=Cc2ccccc2NN=C1.c1cocn1. The Labute approximate surface area is 93.3 Å². The van der Waals surface area contributed by atoms with E-state index in [0.29, 0.717) is 0 Å². The molecule has 2 aromatic rings. The molecule has 0 fully saturated rings. The number of aromatic nitrogens is 1. The molecular formula is C12H11N3O. The van der Waals surface area contributed by atoms with Gasteiger partial charge in [0.1, 0.15) is 6.26 Å². The largest absolute Gasteiger partial charge is 0.452 e. The second-order valence-corrected chi connectivity index (χ2v) is 3.01. The van der Waals surface area contributed by atoms with Gasteiger partial charge in [0.2, 0.25) is 0 Å². The average molecular weight is 213 g/mol. The first kappa shape index (κ1) is 10.2. The normalized spacial score (nSPS) is 11.8. The van der Waals surface area contributed by atoms with Gasteiger partial charge in [-0.15, -0.1) is 0 Å². The standard InChI is InChI=1S/C9H8N2.C3H3NO/c1-2-6-9-8(4-1)5-3-7-10-11-9;1-2-5-3-4-1/h1-7,11H;1-3H. The summed E-state index contributed by atoms with van der Waals surface area (Å²) in [6.07, 6.45) is 10.2. The first-order valence-electron chi connectivity index (χ1n) is 4.84. The lowest BCUT2D eigenvalue weighted by Gasteiger charge is -2.00. The van der Waals surface area contributed by atoms with E-state index in [1.807, 2.05) is 36.4 Å². The van der Waals surface area contributed by atoms with E-state index in [0.717, 1.165) is 5.69 Å². The van der Waals surface area contributed by atoms with Crippen LogP contribution in [0, 0.1) is 0 Å². The lowest BCUT2D eigenvalue weighted by Crippen LogP contribution is -1.87. The Morgan fingerprint density at radius 2 is 2.12 bits per heavy atom. The maximum Gasteiger partial charge on any atom is 0.180 e. The summed E-state index contributed by atoms with van der Waals surface area (Å²) in [6.45, 7) is 0. The first-order chi connectivity index (χ1) is 7.97. The second kappa shape index (κ2) is 5.50. The molecule has 0 bridgehead atoms. The predicted octanol–water partition coefficient (Wildman–Crippen LogP) is 2.79. The van der Waals surface area contributed by atoms with Crippen LogP contribution in [-0.4, -0.2) is 11.2 Å². The number of para-hydroxylation sites is 1. The quantitative estimate of drug-likeness (QED) is 0.732. The Hall–Kier alpha value is -2.36. The van der Waals surface area contributed by atoms with Crippen LogP contribution in [0.5, 0.6) is 0 Å². The zero-order valence-electron chi connectivity index (χ0n) is 8.58. The van der Waals surface area contributed by atoms with Gasteiger partial charge in [0, 0.05) is 6.21 Å². The molecule has 1 aliphatic heterocycles. The van der Waals surface area contributed by atoms with Crippen molar-refractivity contribution in [2.75, 3.05) is 5.43 Å². The van der Waals surface area contributed by atoms with Crippen molar-refractivity contribution in [2.24, 2.45) is 5.10 Å². The van der Waals surface area contributed by atoms with E-state index >= 15 is 0 Å². The zero-order valence-corrected chi connectivity index (χ0v) is 8.58. The van der Waals surface area contributed by atoms with Crippen molar-refractivity contribution in [2.45, 2.75) is 0 Å². The van der Waals surface area contributed by atoms with Gasteiger partial charge in [0.05, 0.1) is 11.9 Å². The highest BCUT2D eigenvalue weighted by atomic mass is 16.3. The lowest BCUT2D eigenvalue weighted by atomic mass is 10.2. The lowest BCUT2D eigenvalue weighted by molar-refractivity contribution is 0.558. The average Bonchev–Trinajstić information content (AvgIpc) is 2.81.